The minimum Gasteiger partial charge on any atom is -0.386 e. The van der Waals surface area contributed by atoms with Gasteiger partial charge in [0, 0.05) is 40.0 Å². The quantitative estimate of drug-likeness (QED) is 0.213. The van der Waals surface area contributed by atoms with E-state index in [2.05, 4.69) is 4.98 Å². The van der Waals surface area contributed by atoms with Crippen LogP contribution < -0.4 is 17.0 Å². The molecule has 2 heterocycles. The summed E-state index contributed by atoms with van der Waals surface area (Å²) in [5.74, 6) is -1.48. The Morgan fingerprint density at radius 3 is 2.40 bits per heavy atom. The fourth-order valence-corrected chi connectivity index (χ4v) is 5.84. The van der Waals surface area contributed by atoms with Gasteiger partial charge in [-0.1, -0.05) is 41.9 Å². The summed E-state index contributed by atoms with van der Waals surface area (Å²) in [4.78, 5) is 30.0. The van der Waals surface area contributed by atoms with Gasteiger partial charge in [0.1, 0.15) is 17.9 Å². The lowest BCUT2D eigenvalue weighted by Gasteiger charge is -2.18. The van der Waals surface area contributed by atoms with Crippen molar-refractivity contribution in [3.8, 4) is 16.8 Å². The molecule has 11 heteroatoms. The van der Waals surface area contributed by atoms with E-state index in [-0.39, 0.29) is 38.3 Å². The summed E-state index contributed by atoms with van der Waals surface area (Å²) in [6.07, 6.45) is -1.51. The van der Waals surface area contributed by atoms with Gasteiger partial charge in [-0.15, -0.1) is 0 Å². The Morgan fingerprint density at radius 1 is 1.00 bits per heavy atom. The zero-order valence-electron chi connectivity index (χ0n) is 22.7. The number of hydrogen-bond donors (Lipinski definition) is 4. The molecule has 0 saturated carbocycles. The minimum atomic E-state index is -1.51. The van der Waals surface area contributed by atoms with Crippen molar-refractivity contribution >= 4 is 44.3 Å². The van der Waals surface area contributed by atoms with Gasteiger partial charge in [0.2, 0.25) is 0 Å². The van der Waals surface area contributed by atoms with Crippen molar-refractivity contribution in [2.75, 3.05) is 0 Å². The average Bonchev–Trinajstić information content (AvgIpc) is 3.30. The number of para-hydroxylation sites is 1. The molecule has 4 aromatic carbocycles. The van der Waals surface area contributed by atoms with Crippen molar-refractivity contribution in [2.24, 2.45) is 12.8 Å². The van der Waals surface area contributed by atoms with Crippen LogP contribution in [0.4, 0.5) is 8.78 Å². The molecule has 8 nitrogen and oxygen atoms in total. The number of aliphatic hydroxyl groups is 2. The number of benzene rings is 4. The third kappa shape index (κ3) is 4.06. The fourth-order valence-electron chi connectivity index (χ4n) is 5.53. The summed E-state index contributed by atoms with van der Waals surface area (Å²) in [6.45, 7) is 3.27. The Kier molecular flexibility index (Phi) is 6.36. The molecule has 0 aliphatic rings. The van der Waals surface area contributed by atoms with Gasteiger partial charge in [-0.2, -0.15) is 0 Å². The monoisotopic (exact) mass is 590 g/mol. The first kappa shape index (κ1) is 27.8. The van der Waals surface area contributed by atoms with E-state index >= 15 is 4.39 Å². The van der Waals surface area contributed by atoms with Crippen LogP contribution in [0.2, 0.25) is 5.02 Å². The molecule has 0 bridgehead atoms. The molecule has 0 aliphatic heterocycles. The van der Waals surface area contributed by atoms with Crippen LogP contribution in [0.25, 0.3) is 49.5 Å². The maximum Gasteiger partial charge on any atom is 0.336 e. The van der Waals surface area contributed by atoms with Gasteiger partial charge in [0.25, 0.3) is 5.56 Å². The van der Waals surface area contributed by atoms with E-state index < -0.39 is 34.7 Å². The summed E-state index contributed by atoms with van der Waals surface area (Å²) in [6, 6.07) is 14.7. The maximum absolute atomic E-state index is 16.0. The van der Waals surface area contributed by atoms with Crippen molar-refractivity contribution < 1.29 is 19.0 Å². The maximum atomic E-state index is 16.0. The number of nitrogens with two attached hydrogens (primary N) is 1. The first-order valence-electron chi connectivity index (χ1n) is 12.9. The first-order valence-corrected chi connectivity index (χ1v) is 13.3. The van der Waals surface area contributed by atoms with Crippen LogP contribution in [-0.2, 0) is 12.6 Å². The predicted molar refractivity (Wildman–Crippen MR) is 159 cm³/mol. The third-order valence-corrected chi connectivity index (χ3v) is 8.00. The highest BCUT2D eigenvalue weighted by Gasteiger charge is 2.25. The summed E-state index contributed by atoms with van der Waals surface area (Å²) < 4.78 is 32.4. The van der Waals surface area contributed by atoms with E-state index in [0.717, 1.165) is 21.3 Å². The summed E-state index contributed by atoms with van der Waals surface area (Å²) in [7, 11) is 1.34. The van der Waals surface area contributed by atoms with Gasteiger partial charge < -0.3 is 20.9 Å². The van der Waals surface area contributed by atoms with Gasteiger partial charge in [0.15, 0.2) is 0 Å². The Morgan fingerprint density at radius 2 is 1.71 bits per heavy atom. The van der Waals surface area contributed by atoms with Crippen LogP contribution in [-0.4, -0.2) is 24.3 Å². The smallest absolute Gasteiger partial charge is 0.336 e. The van der Waals surface area contributed by atoms with Crippen molar-refractivity contribution in [1.82, 2.24) is 14.1 Å². The van der Waals surface area contributed by atoms with Gasteiger partial charge in [0.05, 0.1) is 32.7 Å². The second-order valence-electron chi connectivity index (χ2n) is 10.7. The van der Waals surface area contributed by atoms with E-state index in [1.165, 1.54) is 31.3 Å². The second kappa shape index (κ2) is 9.60. The highest BCUT2D eigenvalue weighted by atomic mass is 35.5. The van der Waals surface area contributed by atoms with Gasteiger partial charge in [-0.05, 0) is 49.7 Å². The standard InChI is InChI=1S/C31H25ClF2N4O4/c1-31(2,42)14-10-11-15-21(12-14)36-26-18(28(35)39)13-20(34)23(24(15)26)16-6-5-9-22(25(16)32)38-29(40)17-7-4-8-19(33)27(17)37(3)30(38)41/h4-13,28,36,39,42H,35H2,1-3H3/t28-/m1/s1. The van der Waals surface area contributed by atoms with Crippen molar-refractivity contribution in [3.63, 3.8) is 0 Å². The van der Waals surface area contributed by atoms with E-state index in [1.807, 2.05) is 0 Å². The SMILES string of the molecule is Cn1c(=O)n(-c2cccc(-c3c(F)cc([C@H](N)O)c4[nH]c5cc(C(C)(C)O)ccc5c34)c2Cl)c(=O)c2cccc(F)c21. The molecule has 0 saturated heterocycles. The van der Waals surface area contributed by atoms with Crippen LogP contribution in [0.5, 0.6) is 0 Å². The molecule has 214 valence electrons. The summed E-state index contributed by atoms with van der Waals surface area (Å²) in [5, 5.41) is 21.6. The number of rotatable bonds is 4. The number of nitrogens with one attached hydrogen (secondary N) is 1. The number of hydrogen-bond acceptors (Lipinski definition) is 5. The highest BCUT2D eigenvalue weighted by molar-refractivity contribution is 6.36. The van der Waals surface area contributed by atoms with Crippen LogP contribution in [0.15, 0.2) is 70.3 Å². The molecule has 0 radical (unpaired) electrons. The molecule has 6 aromatic rings. The van der Waals surface area contributed by atoms with E-state index in [1.54, 1.807) is 38.1 Å². The lowest BCUT2D eigenvalue weighted by Crippen LogP contribution is -2.38. The van der Waals surface area contributed by atoms with Crippen molar-refractivity contribution in [3.05, 3.63) is 109 Å². The fraction of sp³-hybridized carbons (Fsp3) is 0.161. The molecule has 42 heavy (non-hydrogen) atoms. The lowest BCUT2D eigenvalue weighted by molar-refractivity contribution is 0.0787. The second-order valence-corrected chi connectivity index (χ2v) is 11.1. The number of nitrogens with zero attached hydrogens (tertiary/aromatic N) is 2. The van der Waals surface area contributed by atoms with E-state index in [0.29, 0.717) is 27.4 Å². The van der Waals surface area contributed by atoms with Crippen LogP contribution >= 0.6 is 11.6 Å². The molecule has 2 aromatic heterocycles. The average molecular weight is 591 g/mol. The number of aryl methyl sites for hydroxylation is 1. The van der Waals surface area contributed by atoms with Gasteiger partial charge in [-0.3, -0.25) is 9.36 Å². The van der Waals surface area contributed by atoms with Crippen molar-refractivity contribution in [2.45, 2.75) is 25.7 Å². The van der Waals surface area contributed by atoms with Crippen LogP contribution in [0, 0.1) is 11.6 Å². The molecule has 0 aliphatic carbocycles. The molecule has 0 unspecified atom stereocenters. The molecule has 1 atom stereocenters. The normalized spacial score (nSPS) is 13.0. The molecular formula is C31H25ClF2N4O4. The van der Waals surface area contributed by atoms with E-state index in [4.69, 9.17) is 17.3 Å². The third-order valence-electron chi connectivity index (χ3n) is 7.61. The Hall–Kier alpha value is -4.35. The molecule has 0 amide bonds. The van der Waals surface area contributed by atoms with Gasteiger partial charge >= 0.3 is 5.69 Å². The highest BCUT2D eigenvalue weighted by Crippen LogP contribution is 2.43. The largest absolute Gasteiger partial charge is 0.386 e. The van der Waals surface area contributed by atoms with Crippen molar-refractivity contribution in [1.29, 1.82) is 0 Å². The molecule has 0 spiro atoms. The molecule has 0 fully saturated rings. The number of aliphatic hydroxyl groups excluding tert-OH is 1. The summed E-state index contributed by atoms with van der Waals surface area (Å²) in [5.41, 5.74) is 4.64. The Labute approximate surface area is 241 Å². The number of aromatic amines is 1. The zero-order valence-corrected chi connectivity index (χ0v) is 23.4. The Balaban J connectivity index is 1.70. The number of fused-ring (bicyclic) bond motifs is 4. The first-order chi connectivity index (χ1) is 19.8. The molecule has 5 N–H and O–H groups in total. The topological polar surface area (TPSA) is 126 Å². The zero-order chi connectivity index (χ0) is 30.2. The number of H-pyrrole nitrogens is 1. The van der Waals surface area contributed by atoms with Gasteiger partial charge in [-0.25, -0.2) is 18.1 Å². The number of halogens is 3. The predicted octanol–water partition coefficient (Wildman–Crippen LogP) is 5.10. The van der Waals surface area contributed by atoms with Crippen LogP contribution in [0.1, 0.15) is 31.2 Å². The molecular weight excluding hydrogens is 566 g/mol. The van der Waals surface area contributed by atoms with E-state index in [9.17, 15) is 24.2 Å². The minimum absolute atomic E-state index is 0.0226. The van der Waals surface area contributed by atoms with Crippen LogP contribution in [0.3, 0.4) is 0 Å². The number of aromatic nitrogens is 3. The molecule has 6 rings (SSSR count). The lowest BCUT2D eigenvalue weighted by atomic mass is 9.93. The summed E-state index contributed by atoms with van der Waals surface area (Å²) >= 11 is 6.87. The Bertz CT molecular complexity index is 2210.